The van der Waals surface area contributed by atoms with Crippen LogP contribution in [0.1, 0.15) is 94.4 Å². The topological polar surface area (TPSA) is 432 Å². The van der Waals surface area contributed by atoms with Crippen molar-refractivity contribution in [1.82, 2.24) is 5.32 Å². The third-order valence-corrected chi connectivity index (χ3v) is 15.2. The fourth-order valence-corrected chi connectivity index (χ4v) is 9.13. The van der Waals surface area contributed by atoms with Crippen LogP contribution in [-0.2, 0) is 88.8 Å². The van der Waals surface area contributed by atoms with Crippen LogP contribution in [0.15, 0.2) is 73.1 Å². The van der Waals surface area contributed by atoms with Gasteiger partial charge >= 0.3 is 30.3 Å². The molecule has 2 unspecified atom stereocenters. The van der Waals surface area contributed by atoms with Gasteiger partial charge in [-0.3, -0.25) is 23.2 Å². The van der Waals surface area contributed by atoms with Crippen molar-refractivity contribution in [3.05, 3.63) is 73.1 Å². The first-order valence-corrected chi connectivity index (χ1v) is 33.2. The van der Waals surface area contributed by atoms with E-state index in [2.05, 4.69) is 70.4 Å². The monoisotopic (exact) mass is 1390 g/mol. The Balaban J connectivity index is -0.000000224. The van der Waals surface area contributed by atoms with Gasteiger partial charge in [-0.2, -0.15) is 51.6 Å². The molecule has 88 heavy (non-hydrogen) atoms. The van der Waals surface area contributed by atoms with Crippen LogP contribution in [0.4, 0.5) is 26.3 Å². The fraction of sp³-hybridized carbons (Fsp3) is 0.660. The molecule has 1 amide bonds. The highest BCUT2D eigenvalue weighted by Crippen LogP contribution is 2.64. The maximum Gasteiger partial charge on any atom is 0.429 e. The second-order valence-corrected chi connectivity index (χ2v) is 27.8. The van der Waals surface area contributed by atoms with E-state index in [-0.39, 0.29) is 41.9 Å². The summed E-state index contributed by atoms with van der Waals surface area (Å²) in [4.78, 5) is 57.8. The summed E-state index contributed by atoms with van der Waals surface area (Å²) in [6.45, 7) is 35.6. The van der Waals surface area contributed by atoms with Crippen LogP contribution in [0.3, 0.4) is 0 Å². The van der Waals surface area contributed by atoms with Crippen molar-refractivity contribution in [3.63, 3.8) is 0 Å². The third kappa shape index (κ3) is 46.1. The van der Waals surface area contributed by atoms with E-state index in [9.17, 15) is 102 Å². The Hall–Kier alpha value is -5.00. The van der Waals surface area contributed by atoms with Crippen LogP contribution in [0.25, 0.3) is 0 Å². The molecular formula is C50H87F6N3O24S5. The van der Waals surface area contributed by atoms with Gasteiger partial charge in [-0.15, -0.1) is 0 Å². The highest BCUT2D eigenvalue weighted by atomic mass is 32.2. The average molecular weight is 1390 g/mol. The van der Waals surface area contributed by atoms with Crippen LogP contribution in [0.5, 0.6) is 0 Å². The second kappa shape index (κ2) is 40.7. The van der Waals surface area contributed by atoms with Gasteiger partial charge in [-0.05, 0) is 91.6 Å². The molecule has 27 nitrogen and oxygen atoms in total. The predicted molar refractivity (Wildman–Crippen MR) is 309 cm³/mol. The summed E-state index contributed by atoms with van der Waals surface area (Å²) in [5, 5.41) is 11.7. The summed E-state index contributed by atoms with van der Waals surface area (Å²) in [5.41, 5.74) is -6.95. The smallest absolute Gasteiger partial charge is 0.429 e. The number of halogens is 6. The molecule has 7 N–H and O–H groups in total. The molecule has 0 spiro atoms. The number of quaternary nitrogens is 2. The summed E-state index contributed by atoms with van der Waals surface area (Å²) in [7, 11) is -14.1. The van der Waals surface area contributed by atoms with E-state index in [4.69, 9.17) is 28.2 Å². The number of hydrogen-bond acceptors (Lipinski definition) is 21. The number of Topliss-reactive ketones (excluding diaryl/α,β-unsaturated/α-hetero) is 1. The molecule has 0 radical (unpaired) electrons. The number of hydrogen-bond donors (Lipinski definition) is 7. The average Bonchev–Trinajstić information content (AvgIpc) is 3.67. The lowest BCUT2D eigenvalue weighted by atomic mass is 9.70. The first-order chi connectivity index (χ1) is 39.0. The molecule has 0 saturated heterocycles. The maximum absolute atomic E-state index is 12.1. The Morgan fingerprint density at radius 2 is 1.10 bits per heavy atom. The van der Waals surface area contributed by atoms with Gasteiger partial charge in [0, 0.05) is 34.0 Å². The predicted octanol–water partition coefficient (Wildman–Crippen LogP) is 2.10. The number of fused-ring (bicyclic) bond motifs is 2. The van der Waals surface area contributed by atoms with Gasteiger partial charge in [0.05, 0.1) is 79.2 Å². The minimum absolute atomic E-state index is 0.0248. The second-order valence-electron chi connectivity index (χ2n) is 20.7. The normalized spacial score (nSPS) is 16.1. The van der Waals surface area contributed by atoms with Crippen molar-refractivity contribution >= 4 is 80.2 Å². The largest absolute Gasteiger partial charge is 0.748 e. The Bertz CT molecular complexity index is 2830. The van der Waals surface area contributed by atoms with Crippen molar-refractivity contribution in [2.24, 2.45) is 16.7 Å². The van der Waals surface area contributed by atoms with Crippen molar-refractivity contribution in [2.45, 2.75) is 118 Å². The molecule has 518 valence electrons. The van der Waals surface area contributed by atoms with Gasteiger partial charge < -0.3 is 43.5 Å². The standard InChI is InChI=1S/C10H16O4S.C8H8F6O3.C8H15NO2.C8H14O5S.C7H13NO4S.C5H13N.2C2H4O3S/c1-9(2)7-3-4-10(9,8(11)5-7)6-15(12,13)14;1-4(2)5(15)17-3-6(16,7(9,10)11)8(12,13)14;1-7(2)8(10)11-6-5-9(3)4;1-7(2)8(9)13-5-3-4-6-14(10,11)12;1-4-6(9)8-7(2,3)5-13(10,11)12;1-4-6(3)5-2;2*1-2-6(3,4)5/h7H,3-6H2,1-2H3,(H,12,13,14);16H,1,3H2,2H3;1,5-6H2,2-4H3;1,3-6H2,2H3,(H,10,11,12);4H,1,5H2,2-3H3,(H,8,9)(H,10,11,12);4-5H2,1-3H3;2*2H,1H2,(H,3,4,5). The lowest BCUT2D eigenvalue weighted by Crippen LogP contribution is -3.08. The molecule has 0 aromatic carbocycles. The molecule has 2 bridgehead atoms. The maximum atomic E-state index is 12.1. The lowest BCUT2D eigenvalue weighted by Gasteiger charge is -2.37. The number of esters is 3. The zero-order valence-electron chi connectivity index (χ0n) is 51.2. The number of likely N-dealkylation sites (N-methyl/N-ethyl adjacent to an activating group) is 1. The number of aliphatic hydroxyl groups is 1. The molecule has 38 heteroatoms. The summed E-state index contributed by atoms with van der Waals surface area (Å²) in [5.74, 6) is -3.84. The number of carbonyl (C=O) groups is 5. The molecule has 2 rings (SSSR count). The fourth-order valence-electron chi connectivity index (χ4n) is 6.30. The minimum Gasteiger partial charge on any atom is -0.748 e. The van der Waals surface area contributed by atoms with Gasteiger partial charge in [-0.25, -0.2) is 31.2 Å². The zero-order chi connectivity index (χ0) is 71.7. The van der Waals surface area contributed by atoms with E-state index in [1.807, 2.05) is 27.9 Å². The number of ether oxygens (including phenoxy) is 3. The highest BCUT2D eigenvalue weighted by Gasteiger charge is 2.71. The van der Waals surface area contributed by atoms with Crippen molar-refractivity contribution in [1.29, 1.82) is 0 Å². The number of nitrogens with one attached hydrogen (secondary N) is 3. The number of carbonyl (C=O) groups excluding carboxylic acids is 5. The summed E-state index contributed by atoms with van der Waals surface area (Å²) < 4.78 is 231. The number of unbranched alkanes of at least 4 members (excludes halogenated alkanes) is 1. The molecule has 0 heterocycles. The van der Waals surface area contributed by atoms with Crippen LogP contribution in [-0.4, -0.2) is 201 Å². The molecule has 2 aliphatic rings. The zero-order valence-corrected chi connectivity index (χ0v) is 55.3. The first-order valence-electron chi connectivity index (χ1n) is 25.4. The number of alkyl halides is 6. The van der Waals surface area contributed by atoms with Crippen LogP contribution < -0.4 is 15.1 Å². The first kappa shape index (κ1) is 94.1. The van der Waals surface area contributed by atoms with E-state index in [1.54, 1.807) is 11.8 Å². The molecule has 0 aliphatic heterocycles. The molecule has 0 aromatic heterocycles. The summed E-state index contributed by atoms with van der Waals surface area (Å²) in [6.07, 6.45) is -8.45. The van der Waals surface area contributed by atoms with Gasteiger partial charge in [0.1, 0.15) is 35.7 Å². The highest BCUT2D eigenvalue weighted by molar-refractivity contribution is 7.89. The third-order valence-electron chi connectivity index (χ3n) is 11.6. The van der Waals surface area contributed by atoms with Gasteiger partial charge in [0.25, 0.3) is 36.0 Å². The van der Waals surface area contributed by atoms with E-state index < -0.39 is 121 Å². The minimum atomic E-state index is -6.01. The number of ketones is 1. The van der Waals surface area contributed by atoms with Crippen molar-refractivity contribution in [2.75, 3.05) is 77.9 Å². The van der Waals surface area contributed by atoms with Gasteiger partial charge in [-0.1, -0.05) is 53.3 Å². The Morgan fingerprint density at radius 3 is 1.35 bits per heavy atom. The SMILES string of the molecule is C=C(C)C(=O)OCC(O)(C(F)(F)F)C(F)(F)F.C=C(C)C(=O)OCCCCS(=O)(=O)O.C=C(C)C(=O)OCC[NH+](C)C.C=CC(=O)NC(C)(C)CS(=O)(=O)O.C=CS(=O)(=O)O.C=CS(=O)(=O)[O-].CC1(C)C2CCC1(CS(=O)(=O)[O-])C(=O)C2.CC[NH+](C)CC. The van der Waals surface area contributed by atoms with Crippen LogP contribution in [0.2, 0.25) is 0 Å². The summed E-state index contributed by atoms with van der Waals surface area (Å²) >= 11 is 0. The van der Waals surface area contributed by atoms with Gasteiger partial charge in [0.2, 0.25) is 5.91 Å². The quantitative estimate of drug-likeness (QED) is 0.0192. The van der Waals surface area contributed by atoms with E-state index in [0.717, 1.165) is 26.0 Å². The van der Waals surface area contributed by atoms with Gasteiger partial charge in [0.15, 0.2) is 0 Å². The van der Waals surface area contributed by atoms with E-state index in [0.29, 0.717) is 47.8 Å². The molecule has 2 aliphatic carbocycles. The Labute approximate surface area is 513 Å². The Kier molecular flexibility index (Phi) is 43.5. The van der Waals surface area contributed by atoms with Crippen molar-refractivity contribution in [3.8, 4) is 0 Å². The number of rotatable bonds is 23. The summed E-state index contributed by atoms with van der Waals surface area (Å²) in [6, 6.07) is 0. The Morgan fingerprint density at radius 1 is 0.716 bits per heavy atom. The molecule has 2 saturated carbocycles. The van der Waals surface area contributed by atoms with Crippen molar-refractivity contribution < 1.29 is 144 Å². The molecular weight excluding hydrogens is 1300 g/mol. The molecule has 2 fully saturated rings. The van der Waals surface area contributed by atoms with E-state index in [1.165, 1.54) is 38.8 Å². The molecule has 2 atom stereocenters. The van der Waals surface area contributed by atoms with E-state index >= 15 is 0 Å². The number of amides is 1. The van der Waals surface area contributed by atoms with Crippen LogP contribution in [0, 0.1) is 16.7 Å². The molecule has 0 aromatic rings. The van der Waals surface area contributed by atoms with Crippen LogP contribution >= 0.6 is 0 Å². The lowest BCUT2D eigenvalue weighted by molar-refractivity contribution is -0.875.